The van der Waals surface area contributed by atoms with Crippen molar-refractivity contribution in [1.82, 2.24) is 4.90 Å². The van der Waals surface area contributed by atoms with E-state index >= 15 is 0 Å². The summed E-state index contributed by atoms with van der Waals surface area (Å²) in [6, 6.07) is 0. The Morgan fingerprint density at radius 2 is 2.18 bits per heavy atom. The van der Waals surface area contributed by atoms with Crippen LogP contribution in [0, 0.1) is 0 Å². The Balaban J connectivity index is 2.81. The highest BCUT2D eigenvalue weighted by molar-refractivity contribution is 7.92. The molecule has 0 aromatic carbocycles. The summed E-state index contributed by atoms with van der Waals surface area (Å²) in [5.41, 5.74) is 0. The zero-order chi connectivity index (χ0) is 12.9. The summed E-state index contributed by atoms with van der Waals surface area (Å²) < 4.78 is 23.6. The molecule has 0 spiro atoms. The summed E-state index contributed by atoms with van der Waals surface area (Å²) in [4.78, 5) is 13.4. The Labute approximate surface area is 102 Å². The van der Waals surface area contributed by atoms with Gasteiger partial charge in [-0.3, -0.25) is 4.79 Å². The van der Waals surface area contributed by atoms with Gasteiger partial charge in [-0.25, -0.2) is 8.42 Å². The summed E-state index contributed by atoms with van der Waals surface area (Å²) in [7, 11) is -3.31. The average Bonchev–Trinajstić information content (AvgIpc) is 2.27. The maximum absolute atomic E-state index is 12.1. The molecule has 0 radical (unpaired) electrons. The van der Waals surface area contributed by atoms with Gasteiger partial charge in [0.05, 0.1) is 12.4 Å². The van der Waals surface area contributed by atoms with Crippen molar-refractivity contribution in [3.63, 3.8) is 0 Å². The fourth-order valence-corrected chi connectivity index (χ4v) is 3.88. The molecule has 1 unspecified atom stereocenters. The Kier molecular flexibility index (Phi) is 5.14. The van der Waals surface area contributed by atoms with Crippen molar-refractivity contribution >= 4 is 15.7 Å². The van der Waals surface area contributed by atoms with Crippen LogP contribution in [0.4, 0.5) is 0 Å². The van der Waals surface area contributed by atoms with Gasteiger partial charge in [-0.1, -0.05) is 12.5 Å². The molecule has 1 atom stereocenters. The van der Waals surface area contributed by atoms with Gasteiger partial charge >= 0.3 is 0 Å². The molecule has 17 heavy (non-hydrogen) atoms. The van der Waals surface area contributed by atoms with Crippen molar-refractivity contribution in [3.8, 4) is 0 Å². The average molecular weight is 261 g/mol. The van der Waals surface area contributed by atoms with E-state index in [9.17, 15) is 13.2 Å². The van der Waals surface area contributed by atoms with Crippen molar-refractivity contribution in [3.05, 3.63) is 12.7 Å². The van der Waals surface area contributed by atoms with Crippen molar-refractivity contribution in [2.24, 2.45) is 0 Å². The highest BCUT2D eigenvalue weighted by Gasteiger charge is 2.36. The Hall–Kier alpha value is -0.880. The highest BCUT2D eigenvalue weighted by atomic mass is 32.2. The Morgan fingerprint density at radius 3 is 2.71 bits per heavy atom. The molecule has 5 nitrogen and oxygen atoms in total. The first-order chi connectivity index (χ1) is 8.03. The maximum Gasteiger partial charge on any atom is 0.241 e. The van der Waals surface area contributed by atoms with Gasteiger partial charge in [0.1, 0.15) is 5.25 Å². The predicted octanol–water partition coefficient (Wildman–Crippen LogP) is -0.0394. The molecule has 98 valence electrons. The fraction of sp³-hybridized carbons (Fsp3) is 0.727. The summed E-state index contributed by atoms with van der Waals surface area (Å²) in [6.07, 6.45) is 3.31. The molecule has 1 heterocycles. The number of rotatable bonds is 5. The molecule has 1 aliphatic rings. The molecular formula is C11H19NO4S. The van der Waals surface area contributed by atoms with E-state index in [0.29, 0.717) is 12.8 Å². The molecule has 6 heteroatoms. The summed E-state index contributed by atoms with van der Waals surface area (Å²) in [5.74, 6) is -0.316. The second kappa shape index (κ2) is 6.16. The number of nitrogens with zero attached hydrogens (tertiary/aromatic N) is 1. The van der Waals surface area contributed by atoms with Crippen LogP contribution in [-0.2, 0) is 14.6 Å². The Bertz CT molecular complexity index is 377. The third-order valence-corrected chi connectivity index (χ3v) is 5.05. The quantitative estimate of drug-likeness (QED) is 0.705. The van der Waals surface area contributed by atoms with Gasteiger partial charge in [0.25, 0.3) is 0 Å². The lowest BCUT2D eigenvalue weighted by Gasteiger charge is -2.28. The van der Waals surface area contributed by atoms with Gasteiger partial charge in [0.15, 0.2) is 9.84 Å². The minimum absolute atomic E-state index is 0.0878. The molecule has 1 saturated heterocycles. The first-order valence-corrected chi connectivity index (χ1v) is 7.46. The van der Waals surface area contributed by atoms with Gasteiger partial charge < -0.3 is 10.0 Å². The minimum atomic E-state index is -3.31. The van der Waals surface area contributed by atoms with E-state index in [-0.39, 0.29) is 25.4 Å². The lowest BCUT2D eigenvalue weighted by atomic mass is 10.1. The molecule has 0 aromatic rings. The van der Waals surface area contributed by atoms with E-state index in [0.717, 1.165) is 6.42 Å². The molecule has 1 rings (SSSR count). The number of aliphatic hydroxyl groups is 1. The summed E-state index contributed by atoms with van der Waals surface area (Å²) >= 11 is 0. The minimum Gasteiger partial charge on any atom is -0.395 e. The monoisotopic (exact) mass is 261 g/mol. The van der Waals surface area contributed by atoms with Crippen LogP contribution in [0.25, 0.3) is 0 Å². The Morgan fingerprint density at radius 1 is 1.47 bits per heavy atom. The zero-order valence-corrected chi connectivity index (χ0v) is 10.7. The molecule has 1 amide bonds. The molecular weight excluding hydrogens is 242 g/mol. The van der Waals surface area contributed by atoms with Gasteiger partial charge in [-0.15, -0.1) is 6.58 Å². The van der Waals surface area contributed by atoms with E-state index < -0.39 is 21.0 Å². The molecule has 0 saturated carbocycles. The standard InChI is InChI=1S/C11H19NO4S/c1-2-6-12(7-8-13)11(14)10-5-3-4-9-17(10,15)16/h2,10,13H,1,3-9H2. The van der Waals surface area contributed by atoms with Crippen LogP contribution in [-0.4, -0.2) is 55.0 Å². The van der Waals surface area contributed by atoms with Crippen LogP contribution in [0.5, 0.6) is 0 Å². The van der Waals surface area contributed by atoms with Gasteiger partial charge in [-0.2, -0.15) is 0 Å². The summed E-state index contributed by atoms with van der Waals surface area (Å²) in [6.45, 7) is 3.77. The number of carbonyl (C=O) groups excluding carboxylic acids is 1. The molecule has 1 aliphatic heterocycles. The van der Waals surface area contributed by atoms with E-state index in [1.807, 2.05) is 0 Å². The van der Waals surface area contributed by atoms with Crippen LogP contribution in [0.1, 0.15) is 19.3 Å². The lowest BCUT2D eigenvalue weighted by molar-refractivity contribution is -0.130. The predicted molar refractivity (Wildman–Crippen MR) is 65.3 cm³/mol. The largest absolute Gasteiger partial charge is 0.395 e. The van der Waals surface area contributed by atoms with Crippen molar-refractivity contribution in [2.45, 2.75) is 24.5 Å². The number of carbonyl (C=O) groups is 1. The van der Waals surface area contributed by atoms with Crippen LogP contribution in [0.15, 0.2) is 12.7 Å². The van der Waals surface area contributed by atoms with Gasteiger partial charge in [0, 0.05) is 13.1 Å². The number of sulfone groups is 1. The van der Waals surface area contributed by atoms with Crippen LogP contribution in [0.2, 0.25) is 0 Å². The van der Waals surface area contributed by atoms with Crippen molar-refractivity contribution < 1.29 is 18.3 Å². The van der Waals surface area contributed by atoms with Crippen LogP contribution >= 0.6 is 0 Å². The van der Waals surface area contributed by atoms with E-state index in [4.69, 9.17) is 5.11 Å². The topological polar surface area (TPSA) is 74.7 Å². The first-order valence-electron chi connectivity index (χ1n) is 5.75. The van der Waals surface area contributed by atoms with Crippen molar-refractivity contribution in [1.29, 1.82) is 0 Å². The molecule has 0 aromatic heterocycles. The number of aliphatic hydroxyl groups excluding tert-OH is 1. The van der Waals surface area contributed by atoms with Crippen LogP contribution in [0.3, 0.4) is 0 Å². The molecule has 1 N–H and O–H groups in total. The van der Waals surface area contributed by atoms with Gasteiger partial charge in [0.2, 0.25) is 5.91 Å². The second-order valence-corrected chi connectivity index (χ2v) is 6.45. The number of hydrogen-bond donors (Lipinski definition) is 1. The first kappa shape index (κ1) is 14.2. The lowest BCUT2D eigenvalue weighted by Crippen LogP contribution is -2.46. The van der Waals surface area contributed by atoms with E-state index in [1.54, 1.807) is 0 Å². The van der Waals surface area contributed by atoms with Crippen molar-refractivity contribution in [2.75, 3.05) is 25.4 Å². The van der Waals surface area contributed by atoms with E-state index in [2.05, 4.69) is 6.58 Å². The van der Waals surface area contributed by atoms with Crippen LogP contribution < -0.4 is 0 Å². The fourth-order valence-electron chi connectivity index (χ4n) is 2.00. The second-order valence-electron chi connectivity index (χ2n) is 4.15. The third-order valence-electron chi connectivity index (χ3n) is 2.89. The number of hydrogen-bond acceptors (Lipinski definition) is 4. The molecule has 0 aliphatic carbocycles. The maximum atomic E-state index is 12.1. The highest BCUT2D eigenvalue weighted by Crippen LogP contribution is 2.21. The number of amides is 1. The summed E-state index contributed by atoms with van der Waals surface area (Å²) in [5, 5.41) is 7.94. The SMILES string of the molecule is C=CCN(CCO)C(=O)C1CCCCS1(=O)=O. The zero-order valence-electron chi connectivity index (χ0n) is 9.84. The smallest absolute Gasteiger partial charge is 0.241 e. The normalized spacial score (nSPS) is 23.0. The molecule has 1 fully saturated rings. The third kappa shape index (κ3) is 3.54. The molecule has 0 bridgehead atoms. The van der Waals surface area contributed by atoms with Gasteiger partial charge in [-0.05, 0) is 12.8 Å². The van der Waals surface area contributed by atoms with E-state index in [1.165, 1.54) is 11.0 Å².